The summed E-state index contributed by atoms with van der Waals surface area (Å²) < 4.78 is 25.2. The summed E-state index contributed by atoms with van der Waals surface area (Å²) in [6, 6.07) is 8.96. The lowest BCUT2D eigenvalue weighted by molar-refractivity contribution is -0.133. The number of hydrogen-bond donors (Lipinski definition) is 0. The fraction of sp³-hybridized carbons (Fsp3) is 0.667. The third-order valence-corrected chi connectivity index (χ3v) is 8.63. The van der Waals surface area contributed by atoms with Gasteiger partial charge in [0, 0.05) is 12.1 Å². The minimum Gasteiger partial charge on any atom is -0.336 e. The molecule has 142 valence electrons. The summed E-state index contributed by atoms with van der Waals surface area (Å²) in [6.07, 6.45) is 7.42. The van der Waals surface area contributed by atoms with E-state index in [2.05, 4.69) is 31.2 Å². The molecule has 26 heavy (non-hydrogen) atoms. The van der Waals surface area contributed by atoms with Gasteiger partial charge < -0.3 is 4.90 Å². The molecule has 1 aromatic carbocycles. The van der Waals surface area contributed by atoms with Gasteiger partial charge in [0.05, 0.1) is 5.25 Å². The van der Waals surface area contributed by atoms with Crippen LogP contribution in [0.2, 0.25) is 0 Å². The summed E-state index contributed by atoms with van der Waals surface area (Å²) in [7, 11) is -3.29. The summed E-state index contributed by atoms with van der Waals surface area (Å²) in [4.78, 5) is 14.8. The van der Waals surface area contributed by atoms with Crippen molar-refractivity contribution in [3.63, 3.8) is 0 Å². The molecule has 0 N–H and O–H groups in total. The van der Waals surface area contributed by atoms with Crippen LogP contribution in [0.5, 0.6) is 0 Å². The summed E-state index contributed by atoms with van der Waals surface area (Å²) in [6.45, 7) is 2.14. The van der Waals surface area contributed by atoms with E-state index in [0.717, 1.165) is 51.4 Å². The Morgan fingerprint density at radius 3 is 2.31 bits per heavy atom. The van der Waals surface area contributed by atoms with Crippen molar-refractivity contribution in [1.29, 1.82) is 0 Å². The lowest BCUT2D eigenvalue weighted by Gasteiger charge is -2.44. The number of nitrogens with zero attached hydrogens (tertiary/aromatic N) is 1. The van der Waals surface area contributed by atoms with Gasteiger partial charge in [-0.1, -0.05) is 37.1 Å². The van der Waals surface area contributed by atoms with Gasteiger partial charge in [-0.25, -0.2) is 8.42 Å². The largest absolute Gasteiger partial charge is 0.336 e. The van der Waals surface area contributed by atoms with E-state index in [1.54, 1.807) is 0 Å². The Kier molecular flexibility index (Phi) is 4.84. The Hall–Kier alpha value is -1.36. The van der Waals surface area contributed by atoms with Crippen molar-refractivity contribution in [2.75, 3.05) is 5.75 Å². The van der Waals surface area contributed by atoms with Crippen LogP contribution < -0.4 is 0 Å². The van der Waals surface area contributed by atoms with E-state index >= 15 is 0 Å². The van der Waals surface area contributed by atoms with Gasteiger partial charge in [-0.3, -0.25) is 4.79 Å². The average molecular weight is 376 g/mol. The van der Waals surface area contributed by atoms with Crippen LogP contribution in [0.25, 0.3) is 0 Å². The smallest absolute Gasteiger partial charge is 0.238 e. The summed E-state index contributed by atoms with van der Waals surface area (Å²) >= 11 is 0. The van der Waals surface area contributed by atoms with Crippen molar-refractivity contribution >= 4 is 15.7 Å². The monoisotopic (exact) mass is 375 g/mol. The summed E-state index contributed by atoms with van der Waals surface area (Å²) in [5.74, 6) is 0.0778. The third kappa shape index (κ3) is 3.55. The van der Waals surface area contributed by atoms with E-state index in [9.17, 15) is 13.2 Å². The molecular formula is C21H29NO3S. The van der Waals surface area contributed by atoms with Crippen molar-refractivity contribution < 1.29 is 13.2 Å². The average Bonchev–Trinajstić information content (AvgIpc) is 3.21. The quantitative estimate of drug-likeness (QED) is 0.763. The van der Waals surface area contributed by atoms with Crippen molar-refractivity contribution in [2.24, 2.45) is 0 Å². The molecule has 3 fully saturated rings. The minimum atomic E-state index is -3.29. The van der Waals surface area contributed by atoms with Crippen LogP contribution >= 0.6 is 0 Å². The Labute approximate surface area is 156 Å². The molecule has 0 aliphatic heterocycles. The maximum atomic E-state index is 12.9. The highest BCUT2D eigenvalue weighted by Gasteiger charge is 2.45. The Bertz CT molecular complexity index is 772. The molecule has 3 saturated carbocycles. The van der Waals surface area contributed by atoms with E-state index in [0.29, 0.717) is 5.92 Å². The number of aryl methyl sites for hydroxylation is 1. The van der Waals surface area contributed by atoms with Gasteiger partial charge in [0.2, 0.25) is 5.91 Å². The first-order chi connectivity index (χ1) is 12.5. The van der Waals surface area contributed by atoms with Gasteiger partial charge in [0.1, 0.15) is 5.75 Å². The van der Waals surface area contributed by atoms with Crippen LogP contribution in [0.3, 0.4) is 0 Å². The van der Waals surface area contributed by atoms with Gasteiger partial charge in [0.25, 0.3) is 0 Å². The zero-order chi connectivity index (χ0) is 18.3. The van der Waals surface area contributed by atoms with Crippen molar-refractivity contribution in [1.82, 2.24) is 4.90 Å². The fourth-order valence-corrected chi connectivity index (χ4v) is 6.56. The molecule has 1 aromatic rings. The lowest BCUT2D eigenvalue weighted by atomic mass is 9.73. The second-order valence-electron chi connectivity index (χ2n) is 8.42. The molecule has 0 atom stereocenters. The zero-order valence-electron chi connectivity index (χ0n) is 15.6. The maximum Gasteiger partial charge on any atom is 0.238 e. The van der Waals surface area contributed by atoms with Crippen LogP contribution in [0, 0.1) is 6.92 Å². The van der Waals surface area contributed by atoms with Crippen molar-refractivity contribution in [2.45, 2.75) is 81.5 Å². The van der Waals surface area contributed by atoms with Crippen LogP contribution in [-0.4, -0.2) is 42.3 Å². The maximum absolute atomic E-state index is 12.9. The van der Waals surface area contributed by atoms with Crippen LogP contribution in [0.1, 0.15) is 68.4 Å². The van der Waals surface area contributed by atoms with Gasteiger partial charge in [-0.05, 0) is 62.5 Å². The predicted octanol–water partition coefficient (Wildman–Crippen LogP) is 3.59. The highest BCUT2D eigenvalue weighted by Crippen LogP contribution is 2.44. The summed E-state index contributed by atoms with van der Waals surface area (Å²) in [5, 5.41) is -0.284. The minimum absolute atomic E-state index is 0.146. The first-order valence-electron chi connectivity index (χ1n) is 10.0. The van der Waals surface area contributed by atoms with Crippen molar-refractivity contribution in [3.05, 3.63) is 35.4 Å². The predicted molar refractivity (Wildman–Crippen MR) is 103 cm³/mol. The van der Waals surface area contributed by atoms with Gasteiger partial charge in [-0.2, -0.15) is 0 Å². The van der Waals surface area contributed by atoms with Crippen molar-refractivity contribution in [3.8, 4) is 0 Å². The molecule has 3 aliphatic rings. The van der Waals surface area contributed by atoms with E-state index in [4.69, 9.17) is 0 Å². The molecule has 0 spiro atoms. The molecule has 0 saturated heterocycles. The number of carbonyl (C=O) groups is 1. The molecule has 3 aliphatic carbocycles. The number of sulfone groups is 1. The Morgan fingerprint density at radius 2 is 1.69 bits per heavy atom. The van der Waals surface area contributed by atoms with Gasteiger partial charge >= 0.3 is 0 Å². The normalized spacial score (nSPS) is 26.5. The SMILES string of the molecule is Cc1ccccc1C1CC(N(C(=O)CS(=O)(=O)C2CCCC2)C2CC2)C1. The lowest BCUT2D eigenvalue weighted by Crippen LogP contribution is -2.50. The zero-order valence-corrected chi connectivity index (χ0v) is 16.4. The van der Waals surface area contributed by atoms with Gasteiger partial charge in [-0.15, -0.1) is 0 Å². The Morgan fingerprint density at radius 1 is 1.04 bits per heavy atom. The fourth-order valence-electron chi connectivity index (χ4n) is 4.78. The summed E-state index contributed by atoms with van der Waals surface area (Å²) in [5.41, 5.74) is 2.69. The third-order valence-electron chi connectivity index (χ3n) is 6.50. The van der Waals surface area contributed by atoms with E-state index in [1.807, 2.05) is 4.90 Å². The molecule has 0 aromatic heterocycles. The number of rotatable bonds is 6. The molecule has 0 unspecified atom stereocenters. The second-order valence-corrected chi connectivity index (χ2v) is 10.7. The first-order valence-corrected chi connectivity index (χ1v) is 11.8. The number of hydrogen-bond acceptors (Lipinski definition) is 3. The molecule has 0 heterocycles. The molecule has 5 heteroatoms. The van der Waals surface area contributed by atoms with E-state index in [-0.39, 0.29) is 29.0 Å². The standard InChI is InChI=1S/C21H29NO3S/c1-15-6-2-5-9-20(15)16-12-18(13-16)22(17-10-11-17)21(23)14-26(24,25)19-7-3-4-8-19/h2,5-6,9,16-19H,3-4,7-8,10-14H2,1H3. The second kappa shape index (κ2) is 6.99. The molecule has 0 bridgehead atoms. The van der Waals surface area contributed by atoms with Crippen LogP contribution in [0.15, 0.2) is 24.3 Å². The number of amides is 1. The molecule has 0 radical (unpaired) electrons. The highest BCUT2D eigenvalue weighted by atomic mass is 32.2. The van der Waals surface area contributed by atoms with E-state index in [1.165, 1.54) is 11.1 Å². The topological polar surface area (TPSA) is 54.5 Å². The molecular weight excluding hydrogens is 346 g/mol. The van der Waals surface area contributed by atoms with Gasteiger partial charge in [0.15, 0.2) is 9.84 Å². The first kappa shape index (κ1) is 18.0. The Balaban J connectivity index is 1.41. The molecule has 4 rings (SSSR count). The van der Waals surface area contributed by atoms with E-state index < -0.39 is 9.84 Å². The molecule has 1 amide bonds. The molecule has 4 nitrogen and oxygen atoms in total. The number of benzene rings is 1. The number of carbonyl (C=O) groups excluding carboxylic acids is 1. The van der Waals surface area contributed by atoms with Crippen LogP contribution in [0.4, 0.5) is 0 Å². The van der Waals surface area contributed by atoms with Crippen LogP contribution in [-0.2, 0) is 14.6 Å². The highest BCUT2D eigenvalue weighted by molar-refractivity contribution is 7.92.